The van der Waals surface area contributed by atoms with Crippen LogP contribution in [-0.2, 0) is 0 Å². The van der Waals surface area contributed by atoms with Crippen LogP contribution >= 0.6 is 0 Å². The van der Waals surface area contributed by atoms with E-state index in [4.69, 9.17) is 0 Å². The van der Waals surface area contributed by atoms with Crippen LogP contribution in [0.4, 0.5) is 0 Å². The van der Waals surface area contributed by atoms with E-state index in [9.17, 15) is 9.59 Å². The van der Waals surface area contributed by atoms with Crippen molar-refractivity contribution in [3.63, 3.8) is 0 Å². The molecule has 0 saturated carbocycles. The van der Waals surface area contributed by atoms with E-state index in [0.717, 1.165) is 0 Å². The standard InChI is InChI=1S/C15H22N2O2/c1-10(2)9-16-14(18)12-6-5-7-13(8-12)15(19)17-11(3)4/h5-8,10-11H,9H2,1-4H3,(H,16,18)(H,17,19). The minimum absolute atomic E-state index is 0.0749. The molecule has 0 bridgehead atoms. The van der Waals surface area contributed by atoms with Gasteiger partial charge in [-0.2, -0.15) is 0 Å². The molecule has 19 heavy (non-hydrogen) atoms. The summed E-state index contributed by atoms with van der Waals surface area (Å²) in [5.41, 5.74) is 1.02. The predicted octanol–water partition coefficient (Wildman–Crippen LogP) is 2.21. The summed E-state index contributed by atoms with van der Waals surface area (Å²) >= 11 is 0. The fraction of sp³-hybridized carbons (Fsp3) is 0.467. The van der Waals surface area contributed by atoms with E-state index in [1.165, 1.54) is 0 Å². The number of amides is 2. The minimum Gasteiger partial charge on any atom is -0.352 e. The van der Waals surface area contributed by atoms with Crippen LogP contribution in [0.15, 0.2) is 24.3 Å². The van der Waals surface area contributed by atoms with Crippen LogP contribution in [-0.4, -0.2) is 24.4 Å². The molecule has 2 N–H and O–H groups in total. The SMILES string of the molecule is CC(C)CNC(=O)c1cccc(C(=O)NC(C)C)c1. The zero-order valence-electron chi connectivity index (χ0n) is 12.0. The molecule has 0 aliphatic rings. The van der Waals surface area contributed by atoms with Crippen molar-refractivity contribution in [2.45, 2.75) is 33.7 Å². The lowest BCUT2D eigenvalue weighted by molar-refractivity contribution is 0.0943. The van der Waals surface area contributed by atoms with Gasteiger partial charge >= 0.3 is 0 Å². The van der Waals surface area contributed by atoms with Gasteiger partial charge in [-0.05, 0) is 38.0 Å². The van der Waals surface area contributed by atoms with E-state index >= 15 is 0 Å². The zero-order chi connectivity index (χ0) is 14.4. The molecule has 0 radical (unpaired) electrons. The largest absolute Gasteiger partial charge is 0.352 e. The molecule has 0 heterocycles. The summed E-state index contributed by atoms with van der Waals surface area (Å²) in [6.45, 7) is 8.50. The highest BCUT2D eigenvalue weighted by Crippen LogP contribution is 2.06. The molecule has 1 aromatic rings. The second kappa shape index (κ2) is 6.92. The van der Waals surface area contributed by atoms with Gasteiger partial charge in [0.05, 0.1) is 0 Å². The van der Waals surface area contributed by atoms with Crippen molar-refractivity contribution in [2.75, 3.05) is 6.54 Å². The first kappa shape index (κ1) is 15.2. The summed E-state index contributed by atoms with van der Waals surface area (Å²) in [5, 5.41) is 5.64. The van der Waals surface area contributed by atoms with Crippen LogP contribution in [0.2, 0.25) is 0 Å². The molecule has 0 unspecified atom stereocenters. The smallest absolute Gasteiger partial charge is 0.251 e. The third-order valence-electron chi connectivity index (χ3n) is 2.48. The maximum atomic E-state index is 11.9. The molecule has 4 heteroatoms. The number of carbonyl (C=O) groups is 2. The van der Waals surface area contributed by atoms with Crippen molar-refractivity contribution in [2.24, 2.45) is 5.92 Å². The van der Waals surface area contributed by atoms with Gasteiger partial charge in [0.25, 0.3) is 11.8 Å². The lowest BCUT2D eigenvalue weighted by Gasteiger charge is -2.10. The Bertz CT molecular complexity index is 453. The first-order valence-corrected chi connectivity index (χ1v) is 6.59. The molecule has 0 fully saturated rings. The minimum atomic E-state index is -0.159. The second-order valence-electron chi connectivity index (χ2n) is 5.31. The van der Waals surface area contributed by atoms with Gasteiger partial charge in [-0.1, -0.05) is 19.9 Å². The summed E-state index contributed by atoms with van der Waals surface area (Å²) < 4.78 is 0. The molecule has 0 spiro atoms. The summed E-state index contributed by atoms with van der Waals surface area (Å²) in [6, 6.07) is 6.83. The number of rotatable bonds is 5. The molecule has 104 valence electrons. The highest BCUT2D eigenvalue weighted by molar-refractivity contribution is 5.99. The van der Waals surface area contributed by atoms with E-state index in [-0.39, 0.29) is 17.9 Å². The van der Waals surface area contributed by atoms with Crippen LogP contribution in [0.25, 0.3) is 0 Å². The molecule has 0 saturated heterocycles. The Hall–Kier alpha value is -1.84. The maximum absolute atomic E-state index is 11.9. The van der Waals surface area contributed by atoms with Crippen LogP contribution in [0.3, 0.4) is 0 Å². The highest BCUT2D eigenvalue weighted by Gasteiger charge is 2.11. The number of hydrogen-bond donors (Lipinski definition) is 2. The monoisotopic (exact) mass is 262 g/mol. The number of carbonyl (C=O) groups excluding carboxylic acids is 2. The molecule has 4 nitrogen and oxygen atoms in total. The van der Waals surface area contributed by atoms with Gasteiger partial charge in [0.2, 0.25) is 0 Å². The van der Waals surface area contributed by atoms with Gasteiger partial charge in [0.1, 0.15) is 0 Å². The first-order valence-electron chi connectivity index (χ1n) is 6.59. The molecular weight excluding hydrogens is 240 g/mol. The van der Waals surface area contributed by atoms with Crippen molar-refractivity contribution < 1.29 is 9.59 Å². The third-order valence-corrected chi connectivity index (χ3v) is 2.48. The lowest BCUT2D eigenvalue weighted by Crippen LogP contribution is -2.31. The third kappa shape index (κ3) is 5.12. The molecule has 0 atom stereocenters. The van der Waals surface area contributed by atoms with Gasteiger partial charge in [-0.15, -0.1) is 0 Å². The quantitative estimate of drug-likeness (QED) is 0.854. The average Bonchev–Trinajstić information content (AvgIpc) is 2.35. The number of hydrogen-bond acceptors (Lipinski definition) is 2. The molecule has 0 aromatic heterocycles. The lowest BCUT2D eigenvalue weighted by atomic mass is 10.1. The van der Waals surface area contributed by atoms with Crippen molar-refractivity contribution in [3.8, 4) is 0 Å². The number of nitrogens with one attached hydrogen (secondary N) is 2. The van der Waals surface area contributed by atoms with Crippen LogP contribution in [0.1, 0.15) is 48.4 Å². The van der Waals surface area contributed by atoms with Crippen molar-refractivity contribution in [3.05, 3.63) is 35.4 Å². The van der Waals surface area contributed by atoms with Gasteiger partial charge in [-0.25, -0.2) is 0 Å². The normalized spacial score (nSPS) is 10.6. The van der Waals surface area contributed by atoms with E-state index in [0.29, 0.717) is 23.6 Å². The van der Waals surface area contributed by atoms with Gasteiger partial charge in [0, 0.05) is 23.7 Å². The predicted molar refractivity (Wildman–Crippen MR) is 76.2 cm³/mol. The molecular formula is C15H22N2O2. The van der Waals surface area contributed by atoms with Gasteiger partial charge in [-0.3, -0.25) is 9.59 Å². The fourth-order valence-corrected chi connectivity index (χ4v) is 1.55. The average molecular weight is 262 g/mol. The number of benzene rings is 1. The Kier molecular flexibility index (Phi) is 5.55. The van der Waals surface area contributed by atoms with E-state index in [2.05, 4.69) is 10.6 Å². The maximum Gasteiger partial charge on any atom is 0.251 e. The Morgan fingerprint density at radius 1 is 1.05 bits per heavy atom. The van der Waals surface area contributed by atoms with E-state index < -0.39 is 0 Å². The van der Waals surface area contributed by atoms with Crippen LogP contribution < -0.4 is 10.6 Å². The van der Waals surface area contributed by atoms with Crippen LogP contribution in [0.5, 0.6) is 0 Å². The molecule has 0 aliphatic heterocycles. The Morgan fingerprint density at radius 2 is 1.63 bits per heavy atom. The molecule has 0 aliphatic carbocycles. The van der Waals surface area contributed by atoms with Crippen LogP contribution in [0, 0.1) is 5.92 Å². The summed E-state index contributed by atoms with van der Waals surface area (Å²) in [5.74, 6) is 0.0952. The first-order chi connectivity index (χ1) is 8.90. The van der Waals surface area contributed by atoms with Crippen molar-refractivity contribution >= 4 is 11.8 Å². The molecule has 1 aromatic carbocycles. The van der Waals surface area contributed by atoms with E-state index in [1.54, 1.807) is 24.3 Å². The highest BCUT2D eigenvalue weighted by atomic mass is 16.2. The van der Waals surface area contributed by atoms with Crippen molar-refractivity contribution in [1.82, 2.24) is 10.6 Å². The topological polar surface area (TPSA) is 58.2 Å². The fourth-order valence-electron chi connectivity index (χ4n) is 1.55. The summed E-state index contributed by atoms with van der Waals surface area (Å²) in [6.07, 6.45) is 0. The van der Waals surface area contributed by atoms with Gasteiger partial charge in [0.15, 0.2) is 0 Å². The van der Waals surface area contributed by atoms with Gasteiger partial charge < -0.3 is 10.6 Å². The molecule has 2 amide bonds. The summed E-state index contributed by atoms with van der Waals surface area (Å²) in [4.78, 5) is 23.8. The van der Waals surface area contributed by atoms with E-state index in [1.807, 2.05) is 27.7 Å². The Balaban J connectivity index is 2.76. The zero-order valence-corrected chi connectivity index (χ0v) is 12.0. The Morgan fingerprint density at radius 3 is 2.16 bits per heavy atom. The van der Waals surface area contributed by atoms with Crippen molar-refractivity contribution in [1.29, 1.82) is 0 Å². The molecule has 1 rings (SSSR count). The Labute approximate surface area is 114 Å². The summed E-state index contributed by atoms with van der Waals surface area (Å²) in [7, 11) is 0. The second-order valence-corrected chi connectivity index (χ2v) is 5.31.